The normalized spacial score (nSPS) is 10.5. The number of carbonyl (C=O) groups is 1. The third-order valence-corrected chi connectivity index (χ3v) is 3.62. The maximum absolute atomic E-state index is 12.0. The van der Waals surface area contributed by atoms with Gasteiger partial charge in [0.25, 0.3) is 0 Å². The number of rotatable bonds is 5. The number of aryl methyl sites for hydroxylation is 1. The number of nitrogens with zero attached hydrogens (tertiary/aromatic N) is 1. The largest absolute Gasteiger partial charge is 0.465 e. The van der Waals surface area contributed by atoms with Gasteiger partial charge in [0.05, 0.1) is 17.9 Å². The molecule has 0 radical (unpaired) electrons. The van der Waals surface area contributed by atoms with Crippen LogP contribution in [0.4, 0.5) is 5.69 Å². The van der Waals surface area contributed by atoms with Crippen LogP contribution in [0.5, 0.6) is 11.5 Å². The number of hydrogen-bond donors (Lipinski definition) is 1. The molecule has 1 amide bonds. The van der Waals surface area contributed by atoms with Crippen LogP contribution in [0.25, 0.3) is 6.08 Å². The SMILES string of the molecule is Cc1cc(Oc2ccc(C#N)cc2)ccc1NC(=O)/C=C/c1ccco1. The topological polar surface area (TPSA) is 75.3 Å². The van der Waals surface area contributed by atoms with E-state index in [4.69, 9.17) is 14.4 Å². The summed E-state index contributed by atoms with van der Waals surface area (Å²) in [6.45, 7) is 1.89. The molecule has 0 atom stereocenters. The van der Waals surface area contributed by atoms with Gasteiger partial charge in [0, 0.05) is 11.8 Å². The van der Waals surface area contributed by atoms with Gasteiger partial charge in [-0.1, -0.05) is 0 Å². The molecular weight excluding hydrogens is 328 g/mol. The van der Waals surface area contributed by atoms with E-state index in [2.05, 4.69) is 11.4 Å². The Hall–Kier alpha value is -3.78. The molecule has 0 spiro atoms. The number of amides is 1. The molecule has 5 nitrogen and oxygen atoms in total. The molecule has 0 bridgehead atoms. The number of nitrogens with one attached hydrogen (secondary N) is 1. The Balaban J connectivity index is 1.65. The predicted molar refractivity (Wildman–Crippen MR) is 98.8 cm³/mol. The molecule has 0 saturated heterocycles. The Morgan fingerprint density at radius 3 is 2.58 bits per heavy atom. The molecule has 0 saturated carbocycles. The number of carbonyl (C=O) groups excluding carboxylic acids is 1. The average Bonchev–Trinajstić information content (AvgIpc) is 3.16. The maximum atomic E-state index is 12.0. The summed E-state index contributed by atoms with van der Waals surface area (Å²) in [5, 5.41) is 11.6. The number of benzene rings is 2. The van der Waals surface area contributed by atoms with E-state index >= 15 is 0 Å². The average molecular weight is 344 g/mol. The Morgan fingerprint density at radius 1 is 1.15 bits per heavy atom. The zero-order valence-electron chi connectivity index (χ0n) is 14.1. The van der Waals surface area contributed by atoms with Crippen LogP contribution in [0.15, 0.2) is 71.4 Å². The summed E-state index contributed by atoms with van der Waals surface area (Å²) in [6.07, 6.45) is 4.57. The molecule has 1 aromatic heterocycles. The lowest BCUT2D eigenvalue weighted by atomic mass is 10.2. The van der Waals surface area contributed by atoms with Crippen molar-refractivity contribution in [1.82, 2.24) is 0 Å². The molecule has 0 unspecified atom stereocenters. The Kier molecular flexibility index (Phi) is 5.16. The summed E-state index contributed by atoms with van der Waals surface area (Å²) < 4.78 is 10.9. The minimum atomic E-state index is -0.245. The lowest BCUT2D eigenvalue weighted by molar-refractivity contribution is -0.111. The molecule has 0 aliphatic carbocycles. The van der Waals surface area contributed by atoms with Crippen LogP contribution in [-0.4, -0.2) is 5.91 Å². The fourth-order valence-electron chi connectivity index (χ4n) is 2.29. The van der Waals surface area contributed by atoms with Gasteiger partial charge in [0.15, 0.2) is 0 Å². The van der Waals surface area contributed by atoms with Crippen LogP contribution < -0.4 is 10.1 Å². The summed E-state index contributed by atoms with van der Waals surface area (Å²) in [5.41, 5.74) is 2.15. The molecule has 0 aliphatic rings. The molecule has 3 aromatic rings. The fraction of sp³-hybridized carbons (Fsp3) is 0.0476. The molecule has 1 N–H and O–H groups in total. The lowest BCUT2D eigenvalue weighted by Gasteiger charge is -2.10. The van der Waals surface area contributed by atoms with Crippen molar-refractivity contribution in [3.8, 4) is 17.6 Å². The van der Waals surface area contributed by atoms with E-state index in [1.54, 1.807) is 60.9 Å². The first-order chi connectivity index (χ1) is 12.6. The summed E-state index contributed by atoms with van der Waals surface area (Å²) in [7, 11) is 0. The second kappa shape index (κ2) is 7.86. The van der Waals surface area contributed by atoms with Crippen molar-refractivity contribution in [2.45, 2.75) is 6.92 Å². The minimum absolute atomic E-state index is 0.245. The van der Waals surface area contributed by atoms with E-state index in [1.807, 2.05) is 13.0 Å². The van der Waals surface area contributed by atoms with E-state index in [-0.39, 0.29) is 5.91 Å². The van der Waals surface area contributed by atoms with Crippen LogP contribution in [0.1, 0.15) is 16.9 Å². The third-order valence-electron chi connectivity index (χ3n) is 3.62. The van der Waals surface area contributed by atoms with Gasteiger partial charge in [-0.05, 0) is 73.2 Å². The molecule has 0 aliphatic heterocycles. The highest BCUT2D eigenvalue weighted by Crippen LogP contribution is 2.26. The molecule has 0 fully saturated rings. The second-order valence-electron chi connectivity index (χ2n) is 5.55. The summed E-state index contributed by atoms with van der Waals surface area (Å²) >= 11 is 0. The zero-order valence-corrected chi connectivity index (χ0v) is 14.1. The van der Waals surface area contributed by atoms with E-state index in [9.17, 15) is 4.79 Å². The summed E-state index contributed by atoms with van der Waals surface area (Å²) in [6, 6.07) is 17.9. The van der Waals surface area contributed by atoms with Gasteiger partial charge in [-0.15, -0.1) is 0 Å². The van der Waals surface area contributed by atoms with Crippen molar-refractivity contribution < 1.29 is 13.9 Å². The molecule has 2 aromatic carbocycles. The Bertz CT molecular complexity index is 965. The molecule has 3 rings (SSSR count). The number of furan rings is 1. The predicted octanol–water partition coefficient (Wildman–Crippen LogP) is 4.90. The number of nitriles is 1. The van der Waals surface area contributed by atoms with Gasteiger partial charge in [0.2, 0.25) is 5.91 Å². The third kappa shape index (κ3) is 4.40. The molecule has 128 valence electrons. The standard InChI is InChI=1S/C21H16N2O3/c1-15-13-19(26-18-6-4-16(14-22)5-7-18)8-10-20(15)23-21(24)11-9-17-3-2-12-25-17/h2-13H,1H3,(H,23,24)/b11-9+. The Labute approximate surface area is 151 Å². The van der Waals surface area contributed by atoms with E-state index in [1.165, 1.54) is 6.08 Å². The minimum Gasteiger partial charge on any atom is -0.465 e. The van der Waals surface area contributed by atoms with Crippen LogP contribution >= 0.6 is 0 Å². The van der Waals surface area contributed by atoms with Crippen molar-refractivity contribution in [1.29, 1.82) is 5.26 Å². The quantitative estimate of drug-likeness (QED) is 0.668. The zero-order chi connectivity index (χ0) is 18.4. The van der Waals surface area contributed by atoms with Crippen molar-refractivity contribution in [3.05, 3.63) is 83.8 Å². The molecule has 5 heteroatoms. The number of hydrogen-bond acceptors (Lipinski definition) is 4. The van der Waals surface area contributed by atoms with Crippen molar-refractivity contribution in [2.75, 3.05) is 5.32 Å². The van der Waals surface area contributed by atoms with Crippen molar-refractivity contribution in [3.63, 3.8) is 0 Å². The first-order valence-electron chi connectivity index (χ1n) is 7.95. The van der Waals surface area contributed by atoms with E-state index in [0.29, 0.717) is 28.5 Å². The molecule has 26 heavy (non-hydrogen) atoms. The van der Waals surface area contributed by atoms with E-state index < -0.39 is 0 Å². The van der Waals surface area contributed by atoms with Gasteiger partial charge < -0.3 is 14.5 Å². The second-order valence-corrected chi connectivity index (χ2v) is 5.55. The molecule has 1 heterocycles. The van der Waals surface area contributed by atoms with Gasteiger partial charge in [-0.2, -0.15) is 5.26 Å². The van der Waals surface area contributed by atoms with Crippen LogP contribution in [0, 0.1) is 18.3 Å². The van der Waals surface area contributed by atoms with Crippen molar-refractivity contribution >= 4 is 17.7 Å². The van der Waals surface area contributed by atoms with Crippen LogP contribution in [0.2, 0.25) is 0 Å². The summed E-state index contributed by atoms with van der Waals surface area (Å²) in [4.78, 5) is 12.0. The van der Waals surface area contributed by atoms with Crippen LogP contribution in [-0.2, 0) is 4.79 Å². The van der Waals surface area contributed by atoms with Gasteiger partial charge >= 0.3 is 0 Å². The number of anilines is 1. The Morgan fingerprint density at radius 2 is 1.92 bits per heavy atom. The van der Waals surface area contributed by atoms with Gasteiger partial charge in [0.1, 0.15) is 17.3 Å². The van der Waals surface area contributed by atoms with E-state index in [0.717, 1.165) is 5.56 Å². The van der Waals surface area contributed by atoms with Crippen LogP contribution in [0.3, 0.4) is 0 Å². The van der Waals surface area contributed by atoms with Gasteiger partial charge in [-0.25, -0.2) is 0 Å². The highest BCUT2D eigenvalue weighted by molar-refractivity contribution is 6.02. The fourth-order valence-corrected chi connectivity index (χ4v) is 2.29. The lowest BCUT2D eigenvalue weighted by Crippen LogP contribution is -2.08. The first-order valence-corrected chi connectivity index (χ1v) is 7.95. The maximum Gasteiger partial charge on any atom is 0.248 e. The number of ether oxygens (including phenoxy) is 1. The summed E-state index contributed by atoms with van der Waals surface area (Å²) in [5.74, 6) is 1.66. The first kappa shape index (κ1) is 17.1. The monoisotopic (exact) mass is 344 g/mol. The highest BCUT2D eigenvalue weighted by atomic mass is 16.5. The smallest absolute Gasteiger partial charge is 0.248 e. The van der Waals surface area contributed by atoms with Gasteiger partial charge in [-0.3, -0.25) is 4.79 Å². The highest BCUT2D eigenvalue weighted by Gasteiger charge is 2.05. The molecular formula is C21H16N2O3. The van der Waals surface area contributed by atoms with Crippen molar-refractivity contribution in [2.24, 2.45) is 0 Å².